The van der Waals surface area contributed by atoms with Crippen LogP contribution in [0.1, 0.15) is 31.2 Å². The third-order valence-electron chi connectivity index (χ3n) is 3.65. The van der Waals surface area contributed by atoms with Gasteiger partial charge in [0.25, 0.3) is 0 Å². The molecule has 1 amide bonds. The summed E-state index contributed by atoms with van der Waals surface area (Å²) in [5.74, 6) is 0. The molecular weight excluding hydrogens is 268 g/mol. The van der Waals surface area contributed by atoms with Crippen LogP contribution in [0.5, 0.6) is 0 Å². The van der Waals surface area contributed by atoms with Crippen molar-refractivity contribution in [3.63, 3.8) is 0 Å². The molecule has 1 saturated carbocycles. The molecule has 2 aromatic heterocycles. The summed E-state index contributed by atoms with van der Waals surface area (Å²) in [6.07, 6.45) is 9.02. The molecular formula is C16H18N2O3. The first-order valence-electron chi connectivity index (χ1n) is 7.23. The van der Waals surface area contributed by atoms with Crippen LogP contribution in [0.3, 0.4) is 0 Å². The molecule has 1 aliphatic rings. The fraction of sp³-hybridized carbons (Fsp3) is 0.375. The minimum absolute atomic E-state index is 0.0894. The lowest BCUT2D eigenvalue weighted by atomic mass is 10.2. The number of hydrogen-bond donors (Lipinski definition) is 1. The average molecular weight is 286 g/mol. The number of pyridine rings is 1. The molecule has 2 heterocycles. The van der Waals surface area contributed by atoms with Crippen molar-refractivity contribution in [1.29, 1.82) is 0 Å². The number of hydrogen-bond acceptors (Lipinski definition) is 4. The predicted octanol–water partition coefficient (Wildman–Crippen LogP) is 3.51. The number of alkyl carbamates (subject to hydrolysis) is 1. The van der Waals surface area contributed by atoms with Crippen LogP contribution in [-0.2, 0) is 11.3 Å². The first-order chi connectivity index (χ1) is 10.3. The van der Waals surface area contributed by atoms with Gasteiger partial charge in [0.05, 0.1) is 18.2 Å². The highest BCUT2D eigenvalue weighted by molar-refractivity contribution is 5.67. The molecule has 0 bridgehead atoms. The van der Waals surface area contributed by atoms with Gasteiger partial charge >= 0.3 is 6.09 Å². The lowest BCUT2D eigenvalue weighted by Gasteiger charge is -2.12. The quantitative estimate of drug-likeness (QED) is 0.934. The van der Waals surface area contributed by atoms with Crippen LogP contribution in [0.15, 0.2) is 41.3 Å². The smallest absolute Gasteiger partial charge is 0.407 e. The number of carbonyl (C=O) groups is 1. The first kappa shape index (κ1) is 13.7. The summed E-state index contributed by atoms with van der Waals surface area (Å²) in [5, 5.41) is 2.76. The number of ether oxygens (including phenoxy) is 1. The van der Waals surface area contributed by atoms with Crippen LogP contribution in [0, 0.1) is 0 Å². The van der Waals surface area contributed by atoms with Crippen LogP contribution in [0.2, 0.25) is 0 Å². The van der Waals surface area contributed by atoms with Gasteiger partial charge in [-0.15, -0.1) is 0 Å². The number of nitrogens with zero attached hydrogens (tertiary/aromatic N) is 1. The highest BCUT2D eigenvalue weighted by Gasteiger charge is 2.18. The van der Waals surface area contributed by atoms with E-state index in [9.17, 15) is 4.79 Å². The SMILES string of the molecule is O=C(NCc1ccc(-c2ccoc2)nc1)OC1CCCC1. The maximum absolute atomic E-state index is 11.7. The van der Waals surface area contributed by atoms with Crippen molar-refractivity contribution < 1.29 is 13.9 Å². The van der Waals surface area contributed by atoms with Crippen molar-refractivity contribution in [2.24, 2.45) is 0 Å². The van der Waals surface area contributed by atoms with Gasteiger partial charge in [0.2, 0.25) is 0 Å². The number of nitrogens with one attached hydrogen (secondary N) is 1. The van der Waals surface area contributed by atoms with E-state index in [0.29, 0.717) is 6.54 Å². The zero-order valence-electron chi connectivity index (χ0n) is 11.7. The van der Waals surface area contributed by atoms with E-state index in [4.69, 9.17) is 9.15 Å². The zero-order valence-corrected chi connectivity index (χ0v) is 11.7. The molecule has 21 heavy (non-hydrogen) atoms. The van der Waals surface area contributed by atoms with E-state index in [0.717, 1.165) is 42.5 Å². The molecule has 5 heteroatoms. The number of amides is 1. The Labute approximate surface area is 123 Å². The van der Waals surface area contributed by atoms with E-state index in [1.165, 1.54) is 0 Å². The third kappa shape index (κ3) is 3.62. The van der Waals surface area contributed by atoms with E-state index in [1.54, 1.807) is 18.7 Å². The molecule has 0 saturated heterocycles. The minimum atomic E-state index is -0.346. The summed E-state index contributed by atoms with van der Waals surface area (Å²) in [6, 6.07) is 5.70. The Balaban J connectivity index is 1.50. The Morgan fingerprint density at radius 3 is 2.86 bits per heavy atom. The largest absolute Gasteiger partial charge is 0.472 e. The molecule has 0 spiro atoms. The van der Waals surface area contributed by atoms with Crippen molar-refractivity contribution >= 4 is 6.09 Å². The Morgan fingerprint density at radius 1 is 1.33 bits per heavy atom. The second-order valence-electron chi connectivity index (χ2n) is 5.23. The molecule has 0 unspecified atom stereocenters. The summed E-state index contributed by atoms with van der Waals surface area (Å²) >= 11 is 0. The van der Waals surface area contributed by atoms with Gasteiger partial charge < -0.3 is 14.5 Å². The van der Waals surface area contributed by atoms with Gasteiger partial charge in [-0.25, -0.2) is 4.79 Å². The maximum atomic E-state index is 11.7. The number of aromatic nitrogens is 1. The van der Waals surface area contributed by atoms with Crippen LogP contribution < -0.4 is 5.32 Å². The predicted molar refractivity (Wildman–Crippen MR) is 77.5 cm³/mol. The van der Waals surface area contributed by atoms with Crippen LogP contribution in [-0.4, -0.2) is 17.2 Å². The van der Waals surface area contributed by atoms with Crippen LogP contribution >= 0.6 is 0 Å². The Hall–Kier alpha value is -2.30. The first-order valence-corrected chi connectivity index (χ1v) is 7.23. The minimum Gasteiger partial charge on any atom is -0.472 e. The van der Waals surface area contributed by atoms with Gasteiger partial charge in [-0.05, 0) is 43.4 Å². The average Bonchev–Trinajstić information content (AvgIpc) is 3.19. The topological polar surface area (TPSA) is 64.4 Å². The molecule has 0 aliphatic heterocycles. The highest BCUT2D eigenvalue weighted by Crippen LogP contribution is 2.21. The van der Waals surface area contributed by atoms with Crippen molar-refractivity contribution in [3.05, 3.63) is 42.5 Å². The summed E-state index contributed by atoms with van der Waals surface area (Å²) in [4.78, 5) is 16.0. The van der Waals surface area contributed by atoms with Gasteiger partial charge in [0.15, 0.2) is 0 Å². The monoisotopic (exact) mass is 286 g/mol. The molecule has 0 radical (unpaired) electrons. The van der Waals surface area contributed by atoms with Gasteiger partial charge in [-0.2, -0.15) is 0 Å². The second-order valence-corrected chi connectivity index (χ2v) is 5.23. The van der Waals surface area contributed by atoms with Crippen molar-refractivity contribution in [2.75, 3.05) is 0 Å². The van der Waals surface area contributed by atoms with E-state index < -0.39 is 0 Å². The summed E-state index contributed by atoms with van der Waals surface area (Å²) in [7, 11) is 0. The molecule has 110 valence electrons. The zero-order chi connectivity index (χ0) is 14.5. The molecule has 1 fully saturated rings. The molecule has 5 nitrogen and oxygen atoms in total. The number of rotatable bonds is 4. The lowest BCUT2D eigenvalue weighted by Crippen LogP contribution is -2.27. The Bertz CT molecular complexity index is 572. The standard InChI is InChI=1S/C16H18N2O3/c19-16(21-14-3-1-2-4-14)18-10-12-5-6-15(17-9-12)13-7-8-20-11-13/h5-9,11,14H,1-4,10H2,(H,18,19). The summed E-state index contributed by atoms with van der Waals surface area (Å²) in [6.45, 7) is 0.421. The maximum Gasteiger partial charge on any atom is 0.407 e. The van der Waals surface area contributed by atoms with Gasteiger partial charge in [-0.1, -0.05) is 6.07 Å². The second kappa shape index (κ2) is 6.43. The molecule has 0 aromatic carbocycles. The van der Waals surface area contributed by atoms with E-state index in [1.807, 2.05) is 18.2 Å². The van der Waals surface area contributed by atoms with E-state index in [-0.39, 0.29) is 12.2 Å². The molecule has 0 atom stereocenters. The number of furan rings is 1. The molecule has 3 rings (SSSR count). The molecule has 2 aromatic rings. The summed E-state index contributed by atoms with van der Waals surface area (Å²) in [5.41, 5.74) is 2.72. The van der Waals surface area contributed by atoms with E-state index in [2.05, 4.69) is 10.3 Å². The summed E-state index contributed by atoms with van der Waals surface area (Å²) < 4.78 is 10.4. The Kier molecular flexibility index (Phi) is 4.19. The van der Waals surface area contributed by atoms with E-state index >= 15 is 0 Å². The fourth-order valence-corrected chi connectivity index (χ4v) is 2.48. The van der Waals surface area contributed by atoms with Gasteiger partial charge in [0, 0.05) is 18.3 Å². The lowest BCUT2D eigenvalue weighted by molar-refractivity contribution is 0.100. The molecule has 1 N–H and O–H groups in total. The van der Waals surface area contributed by atoms with Crippen molar-refractivity contribution in [2.45, 2.75) is 38.3 Å². The van der Waals surface area contributed by atoms with Crippen molar-refractivity contribution in [1.82, 2.24) is 10.3 Å². The van der Waals surface area contributed by atoms with Gasteiger partial charge in [-0.3, -0.25) is 4.98 Å². The molecule has 1 aliphatic carbocycles. The highest BCUT2D eigenvalue weighted by atomic mass is 16.6. The fourth-order valence-electron chi connectivity index (χ4n) is 2.48. The number of carbonyl (C=O) groups excluding carboxylic acids is 1. The van der Waals surface area contributed by atoms with Gasteiger partial charge in [0.1, 0.15) is 6.10 Å². The normalized spacial score (nSPS) is 15.0. The third-order valence-corrected chi connectivity index (χ3v) is 3.65. The Morgan fingerprint density at radius 2 is 2.19 bits per heavy atom. The van der Waals surface area contributed by atoms with Crippen LogP contribution in [0.25, 0.3) is 11.3 Å². The van der Waals surface area contributed by atoms with Crippen LogP contribution in [0.4, 0.5) is 4.79 Å². The van der Waals surface area contributed by atoms with Crippen molar-refractivity contribution in [3.8, 4) is 11.3 Å².